The van der Waals surface area contributed by atoms with Crippen LogP contribution in [0.15, 0.2) is 22.4 Å². The van der Waals surface area contributed by atoms with Crippen molar-refractivity contribution in [1.82, 2.24) is 21.1 Å². The predicted molar refractivity (Wildman–Crippen MR) is 68.3 cm³/mol. The second kappa shape index (κ2) is 4.95. The number of hydrogen-bond donors (Lipinski definition) is 2. The highest BCUT2D eigenvalue weighted by Crippen LogP contribution is 2.17. The molecule has 98 valence electrons. The number of hydrazine groups is 2. The third-order valence-corrected chi connectivity index (χ3v) is 3.39. The maximum absolute atomic E-state index is 5.41. The minimum atomic E-state index is 0.515. The summed E-state index contributed by atoms with van der Waals surface area (Å²) in [6.07, 6.45) is 6.10. The van der Waals surface area contributed by atoms with Crippen LogP contribution >= 0.6 is 0 Å². The molecule has 0 aromatic rings. The number of ether oxygens (including phenoxy) is 1. The molecule has 0 spiro atoms. The van der Waals surface area contributed by atoms with E-state index in [9.17, 15) is 0 Å². The van der Waals surface area contributed by atoms with E-state index in [1.54, 1.807) is 5.12 Å². The molecule has 1 fully saturated rings. The normalized spacial score (nSPS) is 23.3. The minimum absolute atomic E-state index is 0.515. The molecule has 0 aromatic heterocycles. The van der Waals surface area contributed by atoms with Crippen molar-refractivity contribution in [2.24, 2.45) is 10.2 Å². The van der Waals surface area contributed by atoms with E-state index in [2.05, 4.69) is 33.1 Å². The Kier molecular flexibility index (Phi) is 3.16. The molecule has 0 saturated carbocycles. The summed E-state index contributed by atoms with van der Waals surface area (Å²) in [7, 11) is 0. The van der Waals surface area contributed by atoms with Crippen LogP contribution in [0.1, 0.15) is 19.8 Å². The predicted octanol–water partition coefficient (Wildman–Crippen LogP) is 0.00890. The molecular weight excluding hydrogens is 232 g/mol. The van der Waals surface area contributed by atoms with E-state index in [0.29, 0.717) is 6.04 Å². The van der Waals surface area contributed by atoms with Crippen LogP contribution in [-0.2, 0) is 4.74 Å². The zero-order chi connectivity index (χ0) is 12.4. The van der Waals surface area contributed by atoms with Gasteiger partial charge in [-0.25, -0.2) is 5.53 Å². The highest BCUT2D eigenvalue weighted by Gasteiger charge is 2.26. The molecule has 3 rings (SSSR count). The summed E-state index contributed by atoms with van der Waals surface area (Å²) >= 11 is 0. The van der Waals surface area contributed by atoms with Crippen LogP contribution < -0.4 is 11.1 Å². The van der Waals surface area contributed by atoms with Crippen molar-refractivity contribution in [2.45, 2.75) is 25.8 Å². The summed E-state index contributed by atoms with van der Waals surface area (Å²) in [6, 6.07) is 0.515. The van der Waals surface area contributed by atoms with Gasteiger partial charge in [-0.05, 0) is 31.9 Å². The van der Waals surface area contributed by atoms with Gasteiger partial charge in [0.2, 0.25) is 0 Å². The topological polar surface area (TPSA) is 64.5 Å². The van der Waals surface area contributed by atoms with Crippen LogP contribution in [0.5, 0.6) is 0 Å². The Labute approximate surface area is 106 Å². The van der Waals surface area contributed by atoms with Gasteiger partial charge in [-0.3, -0.25) is 0 Å². The molecule has 0 unspecified atom stereocenters. The summed E-state index contributed by atoms with van der Waals surface area (Å²) in [6.45, 7) is 4.79. The highest BCUT2D eigenvalue weighted by atomic mass is 16.5. The number of amidine groups is 2. The molecule has 18 heavy (non-hydrogen) atoms. The van der Waals surface area contributed by atoms with Gasteiger partial charge in [0.25, 0.3) is 0 Å². The molecule has 0 radical (unpaired) electrons. The summed E-state index contributed by atoms with van der Waals surface area (Å²) in [5, 5.41) is 10.2. The second-order valence-corrected chi connectivity index (χ2v) is 4.43. The average molecular weight is 250 g/mol. The molecule has 1 saturated heterocycles. The van der Waals surface area contributed by atoms with Gasteiger partial charge in [0.1, 0.15) is 0 Å². The molecule has 0 atom stereocenters. The second-order valence-electron chi connectivity index (χ2n) is 4.43. The molecule has 7 nitrogen and oxygen atoms in total. The van der Waals surface area contributed by atoms with Crippen molar-refractivity contribution in [1.29, 1.82) is 0 Å². The van der Waals surface area contributed by atoms with Crippen molar-refractivity contribution in [2.75, 3.05) is 19.8 Å². The number of nitrogens with zero attached hydrogens (tertiary/aromatic N) is 4. The number of likely N-dealkylation sites (N-methyl/N-ethyl adjacent to an activating group) is 1. The van der Waals surface area contributed by atoms with E-state index in [0.717, 1.165) is 44.3 Å². The number of rotatable bonds is 2. The zero-order valence-electron chi connectivity index (χ0n) is 10.5. The number of nitrogens with one attached hydrogen (secondary N) is 2. The highest BCUT2D eigenvalue weighted by molar-refractivity contribution is 6.05. The van der Waals surface area contributed by atoms with Gasteiger partial charge in [0, 0.05) is 25.8 Å². The number of fused-ring (bicyclic) bond motifs is 1. The molecule has 3 heterocycles. The minimum Gasteiger partial charge on any atom is -0.381 e. The molecule has 2 N–H and O–H groups in total. The molecule has 0 bridgehead atoms. The Morgan fingerprint density at radius 3 is 3.06 bits per heavy atom. The van der Waals surface area contributed by atoms with Gasteiger partial charge in [-0.1, -0.05) is 0 Å². The Morgan fingerprint density at radius 1 is 1.44 bits per heavy atom. The van der Waals surface area contributed by atoms with Crippen LogP contribution in [-0.4, -0.2) is 47.5 Å². The fraction of sp³-hybridized carbons (Fsp3) is 0.636. The summed E-state index contributed by atoms with van der Waals surface area (Å²) in [5.74, 6) is 1.75. The van der Waals surface area contributed by atoms with E-state index in [1.165, 1.54) is 0 Å². The van der Waals surface area contributed by atoms with Crippen LogP contribution in [0.25, 0.3) is 0 Å². The van der Waals surface area contributed by atoms with Crippen LogP contribution in [0, 0.1) is 0 Å². The van der Waals surface area contributed by atoms with Crippen molar-refractivity contribution < 1.29 is 4.74 Å². The van der Waals surface area contributed by atoms with E-state index in [4.69, 9.17) is 4.74 Å². The van der Waals surface area contributed by atoms with Gasteiger partial charge in [-0.15, -0.1) is 15.7 Å². The average Bonchev–Trinajstić information content (AvgIpc) is 2.88. The standard InChI is InChI=1S/C11H18N6O/c1-2-16(9-5-7-18-8-6-9)11-4-3-10-12-14-15-17(10)13-11/h3-4,9,14-15H,2,5-8H2,1H3. The molecule has 7 heteroatoms. The van der Waals surface area contributed by atoms with E-state index >= 15 is 0 Å². The van der Waals surface area contributed by atoms with Gasteiger partial charge < -0.3 is 9.64 Å². The Bertz CT molecular complexity index is 398. The van der Waals surface area contributed by atoms with Crippen molar-refractivity contribution in [3.05, 3.63) is 12.2 Å². The maximum Gasteiger partial charge on any atom is 0.189 e. The quantitative estimate of drug-likeness (QED) is 0.723. The first-order valence-electron chi connectivity index (χ1n) is 6.38. The van der Waals surface area contributed by atoms with Gasteiger partial charge in [0.05, 0.1) is 0 Å². The maximum atomic E-state index is 5.41. The van der Waals surface area contributed by atoms with Crippen molar-refractivity contribution in [3.8, 4) is 0 Å². The first-order chi connectivity index (χ1) is 8.88. The monoisotopic (exact) mass is 250 g/mol. The van der Waals surface area contributed by atoms with E-state index < -0.39 is 0 Å². The number of hydrazone groups is 2. The van der Waals surface area contributed by atoms with Crippen LogP contribution in [0.3, 0.4) is 0 Å². The first kappa shape index (κ1) is 11.5. The third kappa shape index (κ3) is 2.06. The lowest BCUT2D eigenvalue weighted by molar-refractivity contribution is 0.0560. The summed E-state index contributed by atoms with van der Waals surface area (Å²) < 4.78 is 5.41. The third-order valence-electron chi connectivity index (χ3n) is 3.39. The lowest BCUT2D eigenvalue weighted by Gasteiger charge is -2.36. The van der Waals surface area contributed by atoms with Crippen LogP contribution in [0.4, 0.5) is 0 Å². The van der Waals surface area contributed by atoms with Crippen molar-refractivity contribution >= 4 is 11.7 Å². The molecule has 0 amide bonds. The van der Waals surface area contributed by atoms with Gasteiger partial charge in [-0.2, -0.15) is 5.12 Å². The van der Waals surface area contributed by atoms with Crippen molar-refractivity contribution in [3.63, 3.8) is 0 Å². The van der Waals surface area contributed by atoms with Gasteiger partial charge >= 0.3 is 0 Å². The Morgan fingerprint density at radius 2 is 2.28 bits per heavy atom. The number of hydrogen-bond acceptors (Lipinski definition) is 7. The Hall–Kier alpha value is -1.60. The lowest BCUT2D eigenvalue weighted by Crippen LogP contribution is -2.46. The van der Waals surface area contributed by atoms with Gasteiger partial charge in [0.15, 0.2) is 11.7 Å². The zero-order valence-corrected chi connectivity index (χ0v) is 10.5. The molecular formula is C11H18N6O. The lowest BCUT2D eigenvalue weighted by atomic mass is 10.1. The smallest absolute Gasteiger partial charge is 0.189 e. The fourth-order valence-corrected chi connectivity index (χ4v) is 2.46. The molecule has 0 aromatic carbocycles. The summed E-state index contributed by atoms with van der Waals surface area (Å²) in [5.41, 5.74) is 5.55. The molecule has 3 aliphatic rings. The van der Waals surface area contributed by atoms with E-state index in [-0.39, 0.29) is 0 Å². The van der Waals surface area contributed by atoms with E-state index in [1.807, 2.05) is 12.2 Å². The SMILES string of the molecule is CCN(C1=NN2NNN=C2C=C1)C1CCOCC1. The largest absolute Gasteiger partial charge is 0.381 e. The molecule has 0 aliphatic carbocycles. The fourth-order valence-electron chi connectivity index (χ4n) is 2.46. The Balaban J connectivity index is 1.75. The molecule has 3 aliphatic heterocycles. The first-order valence-corrected chi connectivity index (χ1v) is 6.38. The summed E-state index contributed by atoms with van der Waals surface area (Å²) in [4.78, 5) is 2.33. The van der Waals surface area contributed by atoms with Crippen LogP contribution in [0.2, 0.25) is 0 Å².